The summed E-state index contributed by atoms with van der Waals surface area (Å²) in [5.41, 5.74) is -0.248. The Kier molecular flexibility index (Phi) is 7.18. The number of carbonyl (C=O) groups is 1. The van der Waals surface area contributed by atoms with Crippen LogP contribution in [0.15, 0.2) is 0 Å². The Balaban J connectivity index is 4.02. The summed E-state index contributed by atoms with van der Waals surface area (Å²) in [4.78, 5) is 13.6. The SMILES string of the molecule is CCCN(CCBr)C(=O)COC(C)(C)C. The lowest BCUT2D eigenvalue weighted by Crippen LogP contribution is -2.38. The third kappa shape index (κ3) is 7.79. The molecule has 0 aromatic rings. The van der Waals surface area contributed by atoms with Crippen molar-refractivity contribution in [1.29, 1.82) is 0 Å². The molecule has 1 amide bonds. The molecule has 0 heterocycles. The first-order valence-electron chi connectivity index (χ1n) is 5.38. The standard InChI is InChI=1S/C11H22BrNO2/c1-5-7-13(8-6-12)10(14)9-15-11(2,3)4/h5-9H2,1-4H3. The van der Waals surface area contributed by atoms with Crippen LogP contribution in [0.2, 0.25) is 0 Å². The number of hydrogen-bond acceptors (Lipinski definition) is 2. The molecule has 0 bridgehead atoms. The number of rotatable bonds is 6. The summed E-state index contributed by atoms with van der Waals surface area (Å²) in [5, 5.41) is 0.814. The second-order valence-corrected chi connectivity index (χ2v) is 5.26. The lowest BCUT2D eigenvalue weighted by molar-refractivity contribution is -0.140. The molecule has 0 atom stereocenters. The van der Waals surface area contributed by atoms with Crippen LogP contribution in [-0.2, 0) is 9.53 Å². The van der Waals surface area contributed by atoms with Crippen LogP contribution < -0.4 is 0 Å². The first kappa shape index (κ1) is 14.9. The predicted molar refractivity (Wildman–Crippen MR) is 66.4 cm³/mol. The van der Waals surface area contributed by atoms with Gasteiger partial charge in [0.25, 0.3) is 0 Å². The average Bonchev–Trinajstić information content (AvgIpc) is 2.13. The fraction of sp³-hybridized carbons (Fsp3) is 0.909. The molecule has 0 N–H and O–H groups in total. The van der Waals surface area contributed by atoms with E-state index in [-0.39, 0.29) is 18.1 Å². The predicted octanol–water partition coefficient (Wildman–Crippen LogP) is 2.44. The topological polar surface area (TPSA) is 29.5 Å². The summed E-state index contributed by atoms with van der Waals surface area (Å²) >= 11 is 3.34. The van der Waals surface area contributed by atoms with Crippen LogP contribution in [0, 0.1) is 0 Å². The molecule has 0 aromatic carbocycles. The van der Waals surface area contributed by atoms with E-state index >= 15 is 0 Å². The van der Waals surface area contributed by atoms with Crippen molar-refractivity contribution in [2.75, 3.05) is 25.0 Å². The number of ether oxygens (including phenoxy) is 1. The number of carbonyl (C=O) groups excluding carboxylic acids is 1. The Bertz CT molecular complexity index is 184. The monoisotopic (exact) mass is 279 g/mol. The molecule has 4 heteroatoms. The summed E-state index contributed by atoms with van der Waals surface area (Å²) in [6.07, 6.45) is 0.980. The van der Waals surface area contributed by atoms with E-state index in [0.717, 1.165) is 24.8 Å². The molecule has 0 rings (SSSR count). The molecule has 90 valence electrons. The summed E-state index contributed by atoms with van der Waals surface area (Å²) in [6, 6.07) is 0. The second kappa shape index (κ2) is 7.23. The molecule has 0 radical (unpaired) electrons. The second-order valence-electron chi connectivity index (χ2n) is 4.47. The van der Waals surface area contributed by atoms with Gasteiger partial charge in [-0.1, -0.05) is 22.9 Å². The highest BCUT2D eigenvalue weighted by molar-refractivity contribution is 9.09. The maximum Gasteiger partial charge on any atom is 0.248 e. The van der Waals surface area contributed by atoms with Crippen molar-refractivity contribution in [2.45, 2.75) is 39.7 Å². The first-order valence-corrected chi connectivity index (χ1v) is 6.50. The molecule has 0 aliphatic carbocycles. The van der Waals surface area contributed by atoms with E-state index in [4.69, 9.17) is 4.74 Å². The molecule has 0 aromatic heterocycles. The van der Waals surface area contributed by atoms with Crippen molar-refractivity contribution in [1.82, 2.24) is 4.90 Å². The van der Waals surface area contributed by atoms with E-state index in [9.17, 15) is 4.79 Å². The molecule has 0 spiro atoms. The van der Waals surface area contributed by atoms with Gasteiger partial charge < -0.3 is 9.64 Å². The molecule has 0 saturated carbocycles. The Morgan fingerprint density at radius 1 is 1.33 bits per heavy atom. The fourth-order valence-corrected chi connectivity index (χ4v) is 1.53. The highest BCUT2D eigenvalue weighted by Gasteiger charge is 2.16. The highest BCUT2D eigenvalue weighted by Crippen LogP contribution is 2.07. The van der Waals surface area contributed by atoms with Gasteiger partial charge >= 0.3 is 0 Å². The zero-order valence-corrected chi connectivity index (χ0v) is 11.8. The molecule has 15 heavy (non-hydrogen) atoms. The van der Waals surface area contributed by atoms with Crippen molar-refractivity contribution >= 4 is 21.8 Å². The summed E-state index contributed by atoms with van der Waals surface area (Å²) in [6.45, 7) is 9.66. The minimum Gasteiger partial charge on any atom is -0.366 e. The van der Waals surface area contributed by atoms with Crippen LogP contribution >= 0.6 is 15.9 Å². The number of amides is 1. The maximum atomic E-state index is 11.7. The van der Waals surface area contributed by atoms with Crippen molar-refractivity contribution in [3.63, 3.8) is 0 Å². The molecule has 0 fully saturated rings. The number of hydrogen-bond donors (Lipinski definition) is 0. The van der Waals surface area contributed by atoms with Crippen LogP contribution in [0.1, 0.15) is 34.1 Å². The Labute approximate surface area is 101 Å². The largest absolute Gasteiger partial charge is 0.366 e. The quantitative estimate of drug-likeness (QED) is 0.699. The van der Waals surface area contributed by atoms with Gasteiger partial charge in [-0.2, -0.15) is 0 Å². The zero-order chi connectivity index (χ0) is 11.9. The molecule has 0 aliphatic heterocycles. The van der Waals surface area contributed by atoms with E-state index < -0.39 is 0 Å². The summed E-state index contributed by atoms with van der Waals surface area (Å²) in [7, 11) is 0. The van der Waals surface area contributed by atoms with Crippen molar-refractivity contribution < 1.29 is 9.53 Å². The van der Waals surface area contributed by atoms with Crippen LogP contribution in [0.5, 0.6) is 0 Å². The van der Waals surface area contributed by atoms with Gasteiger partial charge in [-0.25, -0.2) is 0 Å². The van der Waals surface area contributed by atoms with Gasteiger partial charge in [0.1, 0.15) is 6.61 Å². The van der Waals surface area contributed by atoms with Gasteiger partial charge in [-0.3, -0.25) is 4.79 Å². The summed E-state index contributed by atoms with van der Waals surface area (Å²) < 4.78 is 5.46. The van der Waals surface area contributed by atoms with Crippen LogP contribution in [0.4, 0.5) is 0 Å². The first-order chi connectivity index (χ1) is 6.90. The fourth-order valence-electron chi connectivity index (χ4n) is 1.10. The lowest BCUT2D eigenvalue weighted by Gasteiger charge is -2.24. The zero-order valence-electron chi connectivity index (χ0n) is 10.2. The van der Waals surface area contributed by atoms with Crippen molar-refractivity contribution in [3.8, 4) is 0 Å². The van der Waals surface area contributed by atoms with Gasteiger partial charge in [0.2, 0.25) is 5.91 Å². The molecular formula is C11H22BrNO2. The summed E-state index contributed by atoms with van der Waals surface area (Å²) in [5.74, 6) is 0.0752. The van der Waals surface area contributed by atoms with E-state index in [1.807, 2.05) is 25.7 Å². The Morgan fingerprint density at radius 2 is 1.93 bits per heavy atom. The van der Waals surface area contributed by atoms with Crippen molar-refractivity contribution in [2.24, 2.45) is 0 Å². The van der Waals surface area contributed by atoms with Crippen LogP contribution in [0.3, 0.4) is 0 Å². The van der Waals surface area contributed by atoms with Gasteiger partial charge in [-0.15, -0.1) is 0 Å². The van der Waals surface area contributed by atoms with Crippen molar-refractivity contribution in [3.05, 3.63) is 0 Å². The van der Waals surface area contributed by atoms with Gasteiger partial charge in [0, 0.05) is 18.4 Å². The molecular weight excluding hydrogens is 258 g/mol. The highest BCUT2D eigenvalue weighted by atomic mass is 79.9. The Morgan fingerprint density at radius 3 is 2.33 bits per heavy atom. The van der Waals surface area contributed by atoms with E-state index in [1.54, 1.807) is 0 Å². The molecule has 0 saturated heterocycles. The molecule has 0 unspecified atom stereocenters. The third-order valence-electron chi connectivity index (χ3n) is 1.83. The third-order valence-corrected chi connectivity index (χ3v) is 2.18. The maximum absolute atomic E-state index is 11.7. The van der Waals surface area contributed by atoms with E-state index in [0.29, 0.717) is 0 Å². The molecule has 0 aliphatic rings. The lowest BCUT2D eigenvalue weighted by atomic mass is 10.2. The minimum atomic E-state index is -0.248. The number of alkyl halides is 1. The number of nitrogens with zero attached hydrogens (tertiary/aromatic N) is 1. The minimum absolute atomic E-state index is 0.0752. The van der Waals surface area contributed by atoms with Gasteiger partial charge in [0.05, 0.1) is 5.60 Å². The Hall–Kier alpha value is -0.0900. The van der Waals surface area contributed by atoms with Gasteiger partial charge in [-0.05, 0) is 27.2 Å². The smallest absolute Gasteiger partial charge is 0.248 e. The number of halogens is 1. The average molecular weight is 280 g/mol. The van der Waals surface area contributed by atoms with E-state index in [2.05, 4.69) is 22.9 Å². The normalized spacial score (nSPS) is 11.5. The molecule has 3 nitrogen and oxygen atoms in total. The van der Waals surface area contributed by atoms with E-state index in [1.165, 1.54) is 0 Å². The van der Waals surface area contributed by atoms with Gasteiger partial charge in [0.15, 0.2) is 0 Å². The van der Waals surface area contributed by atoms with Crippen LogP contribution in [-0.4, -0.2) is 41.4 Å². The van der Waals surface area contributed by atoms with Crippen LogP contribution in [0.25, 0.3) is 0 Å².